The summed E-state index contributed by atoms with van der Waals surface area (Å²) in [4.78, 5) is 28.7. The molecule has 5 rings (SSSR count). The van der Waals surface area contributed by atoms with Crippen molar-refractivity contribution in [1.82, 2.24) is 4.72 Å². The molecule has 0 aliphatic heterocycles. The van der Waals surface area contributed by atoms with E-state index in [1.54, 1.807) is 24.4 Å². The maximum atomic E-state index is 13.1. The normalized spacial score (nSPS) is 11.5. The number of nitro groups is 1. The van der Waals surface area contributed by atoms with Crippen LogP contribution >= 0.6 is 11.9 Å². The third kappa shape index (κ3) is 7.48. The van der Waals surface area contributed by atoms with Gasteiger partial charge in [0.15, 0.2) is 0 Å². The van der Waals surface area contributed by atoms with Gasteiger partial charge in [-0.25, -0.2) is 0 Å². The van der Waals surface area contributed by atoms with Gasteiger partial charge in [-0.3, -0.25) is 19.6 Å². The first-order chi connectivity index (χ1) is 21.5. The fraction of sp³-hybridized carbons (Fsp3) is 0.0556. The molecule has 1 N–H and O–H groups in total. The number of rotatable bonds is 12. The highest BCUT2D eigenvalue weighted by Gasteiger charge is 2.38. The number of amides is 1. The summed E-state index contributed by atoms with van der Waals surface area (Å²) in [6, 6.07) is 44.2. The van der Waals surface area contributed by atoms with E-state index >= 15 is 0 Å². The molecule has 8 heteroatoms. The van der Waals surface area contributed by atoms with Gasteiger partial charge in [-0.2, -0.15) is 0 Å². The Bertz CT molecular complexity index is 1630. The van der Waals surface area contributed by atoms with Crippen molar-refractivity contribution in [3.05, 3.63) is 189 Å². The third-order valence-electron chi connectivity index (χ3n) is 6.86. The van der Waals surface area contributed by atoms with E-state index in [1.807, 2.05) is 78.9 Å². The highest BCUT2D eigenvalue weighted by atomic mass is 32.2. The fourth-order valence-electron chi connectivity index (χ4n) is 4.65. The van der Waals surface area contributed by atoms with E-state index in [9.17, 15) is 14.9 Å². The minimum atomic E-state index is -0.658. The molecule has 0 saturated heterocycles. The van der Waals surface area contributed by atoms with Crippen LogP contribution in [0.5, 0.6) is 0 Å². The molecule has 0 aliphatic carbocycles. The van der Waals surface area contributed by atoms with Crippen LogP contribution in [0.2, 0.25) is 0 Å². The largest absolute Gasteiger partial charge is 0.391 e. The van der Waals surface area contributed by atoms with Gasteiger partial charge in [0.25, 0.3) is 11.6 Å². The summed E-state index contributed by atoms with van der Waals surface area (Å²) in [5.74, 6) is -0.229. The molecule has 0 atom stereocenters. The molecule has 0 saturated carbocycles. The molecule has 7 nitrogen and oxygen atoms in total. The van der Waals surface area contributed by atoms with Gasteiger partial charge in [-0.1, -0.05) is 120 Å². The molecule has 0 aliphatic rings. The average molecular weight is 600 g/mol. The summed E-state index contributed by atoms with van der Waals surface area (Å²) in [6.07, 6.45) is 4.87. The third-order valence-corrected chi connectivity index (χ3v) is 8.18. The lowest BCUT2D eigenvalue weighted by atomic mass is 9.84. The molecule has 0 unspecified atom stereocenters. The minimum absolute atomic E-state index is 0.0299. The number of oxime groups is 1. The van der Waals surface area contributed by atoms with E-state index in [1.165, 1.54) is 30.2 Å². The predicted molar refractivity (Wildman–Crippen MR) is 176 cm³/mol. The van der Waals surface area contributed by atoms with Crippen LogP contribution in [0.3, 0.4) is 0 Å². The van der Waals surface area contributed by atoms with Gasteiger partial charge in [0, 0.05) is 18.2 Å². The van der Waals surface area contributed by atoms with Crippen molar-refractivity contribution < 1.29 is 14.6 Å². The molecule has 0 bridgehead atoms. The first kappa shape index (κ1) is 30.0. The quantitative estimate of drug-likeness (QED) is 0.0393. The molecule has 0 aromatic heterocycles. The van der Waals surface area contributed by atoms with Gasteiger partial charge < -0.3 is 4.84 Å². The Balaban J connectivity index is 1.23. The molecule has 5 aromatic carbocycles. The van der Waals surface area contributed by atoms with Crippen LogP contribution in [0.4, 0.5) is 5.69 Å². The summed E-state index contributed by atoms with van der Waals surface area (Å²) < 4.78 is 2.42. The number of carbonyl (C=O) groups excluding carboxylic acids is 1. The zero-order valence-electron chi connectivity index (χ0n) is 23.7. The fourth-order valence-corrected chi connectivity index (χ4v) is 5.73. The van der Waals surface area contributed by atoms with Gasteiger partial charge in [0.05, 0.1) is 11.1 Å². The lowest BCUT2D eigenvalue weighted by Crippen LogP contribution is -2.31. The second-order valence-electron chi connectivity index (χ2n) is 9.78. The number of nitrogens with one attached hydrogen (secondary N) is 1. The number of benzene rings is 5. The lowest BCUT2D eigenvalue weighted by molar-refractivity contribution is -0.384. The maximum Gasteiger partial charge on any atom is 0.269 e. The molecule has 44 heavy (non-hydrogen) atoms. The smallest absolute Gasteiger partial charge is 0.269 e. The molecule has 0 fully saturated rings. The molecule has 0 spiro atoms. The summed E-state index contributed by atoms with van der Waals surface area (Å²) >= 11 is 1.37. The molecule has 5 aromatic rings. The SMILES string of the molecule is O=C(/C=C/c1ccc(/C=N/OCc2ccc([N+](=O)[O-])cc2)cc1)NSC(c1ccccc1)(c1ccccc1)c1ccccc1. The van der Waals surface area contributed by atoms with Crippen molar-refractivity contribution in [3.8, 4) is 0 Å². The van der Waals surface area contributed by atoms with E-state index in [4.69, 9.17) is 4.84 Å². The molecule has 0 radical (unpaired) electrons. The van der Waals surface area contributed by atoms with E-state index in [-0.39, 0.29) is 18.2 Å². The van der Waals surface area contributed by atoms with Crippen molar-refractivity contribution in [2.45, 2.75) is 11.4 Å². The number of non-ortho nitro benzene ring substituents is 1. The Kier molecular flexibility index (Phi) is 9.97. The zero-order chi connectivity index (χ0) is 30.6. The molecule has 1 amide bonds. The van der Waals surface area contributed by atoms with Crippen molar-refractivity contribution in [2.75, 3.05) is 0 Å². The van der Waals surface area contributed by atoms with Crippen LogP contribution in [0.15, 0.2) is 151 Å². The Morgan fingerprint density at radius 3 is 1.75 bits per heavy atom. The summed E-state index contributed by atoms with van der Waals surface area (Å²) in [5.41, 5.74) is 5.65. The monoisotopic (exact) mass is 599 g/mol. The van der Waals surface area contributed by atoms with Gasteiger partial charge in [-0.15, -0.1) is 0 Å². The van der Waals surface area contributed by atoms with Crippen molar-refractivity contribution >= 4 is 35.8 Å². The number of carbonyl (C=O) groups is 1. The summed E-state index contributed by atoms with van der Waals surface area (Å²) in [7, 11) is 0. The van der Waals surface area contributed by atoms with Gasteiger partial charge in [0.2, 0.25) is 0 Å². The number of hydrogen-bond acceptors (Lipinski definition) is 6. The predicted octanol–water partition coefficient (Wildman–Crippen LogP) is 7.92. The number of nitro benzene ring substituents is 1. The van der Waals surface area contributed by atoms with Gasteiger partial charge >= 0.3 is 0 Å². The Labute approximate surface area is 260 Å². The van der Waals surface area contributed by atoms with Crippen molar-refractivity contribution in [1.29, 1.82) is 0 Å². The zero-order valence-corrected chi connectivity index (χ0v) is 24.5. The van der Waals surface area contributed by atoms with E-state index in [0.29, 0.717) is 0 Å². The number of nitrogens with zero attached hydrogens (tertiary/aromatic N) is 2. The van der Waals surface area contributed by atoms with Crippen molar-refractivity contribution in [3.63, 3.8) is 0 Å². The highest BCUT2D eigenvalue weighted by molar-refractivity contribution is 7.99. The standard InChI is InChI=1S/C36H29N3O4S/c40-35(25-22-28-16-18-29(19-17-28)26-37-43-27-30-20-23-34(24-21-30)39(41)42)38-44-36(31-10-4-1-5-11-31,32-12-6-2-7-13-32)33-14-8-3-9-15-33/h1-26H,27H2,(H,38,40)/b25-22+,37-26+. The van der Waals surface area contributed by atoms with Crippen LogP contribution in [-0.2, 0) is 21.0 Å². The Hall–Kier alpha value is -5.47. The molecule has 0 heterocycles. The summed E-state index contributed by atoms with van der Waals surface area (Å²) in [6.45, 7) is 0.197. The topological polar surface area (TPSA) is 93.8 Å². The average Bonchev–Trinajstić information content (AvgIpc) is 3.08. The van der Waals surface area contributed by atoms with Crippen LogP contribution in [0.25, 0.3) is 6.08 Å². The van der Waals surface area contributed by atoms with Gasteiger partial charge in [0.1, 0.15) is 11.4 Å². The second-order valence-corrected chi connectivity index (χ2v) is 10.8. The van der Waals surface area contributed by atoms with Crippen LogP contribution in [-0.4, -0.2) is 17.0 Å². The van der Waals surface area contributed by atoms with E-state index in [0.717, 1.165) is 33.4 Å². The van der Waals surface area contributed by atoms with Crippen molar-refractivity contribution in [2.24, 2.45) is 5.16 Å². The Morgan fingerprint density at radius 1 is 0.750 bits per heavy atom. The number of hydrogen-bond donors (Lipinski definition) is 1. The molecule has 218 valence electrons. The first-order valence-corrected chi connectivity index (χ1v) is 14.7. The van der Waals surface area contributed by atoms with E-state index in [2.05, 4.69) is 46.3 Å². The van der Waals surface area contributed by atoms with Crippen LogP contribution in [0.1, 0.15) is 33.4 Å². The molecular weight excluding hydrogens is 570 g/mol. The molecular formula is C36H29N3O4S. The highest BCUT2D eigenvalue weighted by Crippen LogP contribution is 2.47. The van der Waals surface area contributed by atoms with E-state index < -0.39 is 9.67 Å². The first-order valence-electron chi connectivity index (χ1n) is 13.9. The second kappa shape index (κ2) is 14.6. The Morgan fingerprint density at radius 2 is 1.25 bits per heavy atom. The minimum Gasteiger partial charge on any atom is -0.391 e. The summed E-state index contributed by atoms with van der Waals surface area (Å²) in [5, 5.41) is 14.7. The van der Waals surface area contributed by atoms with Crippen LogP contribution in [0, 0.1) is 10.1 Å². The lowest BCUT2D eigenvalue weighted by Gasteiger charge is -2.34. The van der Waals surface area contributed by atoms with Gasteiger partial charge in [-0.05, 0) is 63.5 Å². The van der Waals surface area contributed by atoms with Crippen LogP contribution < -0.4 is 4.72 Å². The maximum absolute atomic E-state index is 13.1.